The number of hydrogen-bond acceptors (Lipinski definition) is 9. The van der Waals surface area contributed by atoms with Crippen LogP contribution >= 0.6 is 0 Å². The van der Waals surface area contributed by atoms with E-state index in [0.29, 0.717) is 37.8 Å². The standard InChI is InChI=1S/C20H24N6O3S.H2/c1-14-9-15(10-21)3-4-17(14)23-20-22-11-18-19(24-20)26(13-29-12-25(18)2)16-5-7-30(27,28)8-6-16;/h3-4,9,11,16H,5-8,12-13H2,1-2H3,(H,22,23,24);1H. The predicted octanol–water partition coefficient (Wildman–Crippen LogP) is 2.41. The van der Waals surface area contributed by atoms with E-state index in [1.807, 2.05) is 35.9 Å². The van der Waals surface area contributed by atoms with Crippen LogP contribution in [0.5, 0.6) is 0 Å². The van der Waals surface area contributed by atoms with Gasteiger partial charge in [-0.2, -0.15) is 10.2 Å². The molecule has 2 aromatic rings. The first-order valence-electron chi connectivity index (χ1n) is 9.77. The van der Waals surface area contributed by atoms with Crippen LogP contribution in [0.3, 0.4) is 0 Å². The molecule has 1 aromatic carbocycles. The van der Waals surface area contributed by atoms with Crippen molar-refractivity contribution in [3.63, 3.8) is 0 Å². The van der Waals surface area contributed by atoms with E-state index < -0.39 is 9.84 Å². The summed E-state index contributed by atoms with van der Waals surface area (Å²) in [6.45, 7) is 2.66. The summed E-state index contributed by atoms with van der Waals surface area (Å²) >= 11 is 0. The van der Waals surface area contributed by atoms with Gasteiger partial charge < -0.3 is 19.9 Å². The van der Waals surface area contributed by atoms with Crippen LogP contribution in [0.25, 0.3) is 0 Å². The summed E-state index contributed by atoms with van der Waals surface area (Å²) in [7, 11) is -1.05. The largest absolute Gasteiger partial charge is 0.347 e. The van der Waals surface area contributed by atoms with E-state index in [1.54, 1.807) is 12.3 Å². The summed E-state index contributed by atoms with van der Waals surface area (Å²) in [6.07, 6.45) is 2.86. The summed E-state index contributed by atoms with van der Waals surface area (Å²) in [4.78, 5) is 13.2. The Bertz CT molecular complexity index is 1090. The van der Waals surface area contributed by atoms with E-state index in [9.17, 15) is 8.42 Å². The van der Waals surface area contributed by atoms with Crippen molar-refractivity contribution in [2.45, 2.75) is 25.8 Å². The fourth-order valence-electron chi connectivity index (χ4n) is 3.78. The molecule has 0 unspecified atom stereocenters. The molecule has 1 N–H and O–H groups in total. The van der Waals surface area contributed by atoms with Gasteiger partial charge in [0, 0.05) is 20.2 Å². The van der Waals surface area contributed by atoms with Gasteiger partial charge in [0.1, 0.15) is 29.0 Å². The Labute approximate surface area is 177 Å². The van der Waals surface area contributed by atoms with Gasteiger partial charge in [0.05, 0.1) is 29.3 Å². The average Bonchev–Trinajstić information content (AvgIpc) is 2.88. The molecule has 1 aromatic heterocycles. The number of ether oxygens (including phenoxy) is 1. The van der Waals surface area contributed by atoms with Crippen LogP contribution in [-0.2, 0) is 14.6 Å². The molecule has 30 heavy (non-hydrogen) atoms. The van der Waals surface area contributed by atoms with Gasteiger partial charge in [0.15, 0.2) is 5.82 Å². The number of fused-ring (bicyclic) bond motifs is 1. The Morgan fingerprint density at radius 1 is 1.30 bits per heavy atom. The summed E-state index contributed by atoms with van der Waals surface area (Å²) in [5.74, 6) is 1.52. The number of rotatable bonds is 3. The maximum Gasteiger partial charge on any atom is 0.229 e. The summed E-state index contributed by atoms with van der Waals surface area (Å²) in [5.41, 5.74) is 3.17. The smallest absolute Gasteiger partial charge is 0.229 e. The molecule has 0 aliphatic carbocycles. The summed E-state index contributed by atoms with van der Waals surface area (Å²) in [6, 6.07) is 7.56. The molecule has 0 spiro atoms. The van der Waals surface area contributed by atoms with Gasteiger partial charge in [0.2, 0.25) is 5.95 Å². The number of aromatic nitrogens is 2. The number of aryl methyl sites for hydroxylation is 1. The molecule has 10 heteroatoms. The van der Waals surface area contributed by atoms with Gasteiger partial charge in [0.25, 0.3) is 0 Å². The number of nitrogens with one attached hydrogen (secondary N) is 1. The number of benzene rings is 1. The Morgan fingerprint density at radius 3 is 2.77 bits per heavy atom. The second-order valence-corrected chi connectivity index (χ2v) is 9.99. The third-order valence-corrected chi connectivity index (χ3v) is 7.23. The normalized spacial score (nSPS) is 19.0. The fraction of sp³-hybridized carbons (Fsp3) is 0.450. The lowest BCUT2D eigenvalue weighted by atomic mass is 10.1. The molecule has 2 aliphatic rings. The summed E-state index contributed by atoms with van der Waals surface area (Å²) < 4.78 is 29.5. The first-order valence-corrected chi connectivity index (χ1v) is 11.6. The van der Waals surface area contributed by atoms with Crippen molar-refractivity contribution < 1.29 is 14.6 Å². The van der Waals surface area contributed by atoms with Crippen molar-refractivity contribution in [2.24, 2.45) is 0 Å². The molecule has 0 saturated carbocycles. The molecule has 1 saturated heterocycles. The third-order valence-electron chi connectivity index (χ3n) is 5.52. The quantitative estimate of drug-likeness (QED) is 0.784. The topological polar surface area (TPSA) is 111 Å². The van der Waals surface area contributed by atoms with E-state index in [2.05, 4.69) is 16.4 Å². The molecule has 0 atom stereocenters. The van der Waals surface area contributed by atoms with Crippen molar-refractivity contribution in [2.75, 3.05) is 47.1 Å². The lowest BCUT2D eigenvalue weighted by Crippen LogP contribution is -2.42. The lowest BCUT2D eigenvalue weighted by molar-refractivity contribution is 0.135. The van der Waals surface area contributed by atoms with E-state index in [1.165, 1.54) is 0 Å². The molecule has 4 rings (SSSR count). The first kappa shape index (κ1) is 20.4. The van der Waals surface area contributed by atoms with Crippen molar-refractivity contribution in [1.82, 2.24) is 9.97 Å². The molecule has 9 nitrogen and oxygen atoms in total. The minimum Gasteiger partial charge on any atom is -0.347 e. The second kappa shape index (κ2) is 8.08. The number of anilines is 4. The van der Waals surface area contributed by atoms with E-state index in [-0.39, 0.29) is 19.0 Å². The zero-order valence-corrected chi connectivity index (χ0v) is 17.8. The van der Waals surface area contributed by atoms with Gasteiger partial charge in [-0.1, -0.05) is 0 Å². The number of nitriles is 1. The molecule has 160 valence electrons. The molecule has 0 radical (unpaired) electrons. The molecule has 0 amide bonds. The van der Waals surface area contributed by atoms with Gasteiger partial charge in [-0.25, -0.2) is 13.4 Å². The highest BCUT2D eigenvalue weighted by molar-refractivity contribution is 7.91. The van der Waals surface area contributed by atoms with Gasteiger partial charge >= 0.3 is 0 Å². The van der Waals surface area contributed by atoms with Gasteiger partial charge in [-0.3, -0.25) is 0 Å². The van der Waals surface area contributed by atoms with Crippen LogP contribution in [0.15, 0.2) is 24.4 Å². The van der Waals surface area contributed by atoms with Crippen LogP contribution in [0, 0.1) is 18.3 Å². The lowest BCUT2D eigenvalue weighted by Gasteiger charge is -2.34. The van der Waals surface area contributed by atoms with E-state index >= 15 is 0 Å². The Hall–Kier alpha value is -2.90. The minimum absolute atomic E-state index is 0. The highest BCUT2D eigenvalue weighted by atomic mass is 32.2. The molecule has 1 fully saturated rings. The Kier molecular flexibility index (Phi) is 5.49. The molecule has 0 bridgehead atoms. The summed E-state index contributed by atoms with van der Waals surface area (Å²) in [5, 5.41) is 12.3. The zero-order chi connectivity index (χ0) is 21.3. The number of nitrogens with zero attached hydrogens (tertiary/aromatic N) is 5. The maximum absolute atomic E-state index is 11.9. The van der Waals surface area contributed by atoms with Crippen LogP contribution in [0.1, 0.15) is 25.4 Å². The maximum atomic E-state index is 11.9. The molecule has 3 heterocycles. The number of sulfone groups is 1. The minimum atomic E-state index is -2.96. The van der Waals surface area contributed by atoms with Crippen molar-refractivity contribution >= 4 is 33.0 Å². The average molecular weight is 431 g/mol. The van der Waals surface area contributed by atoms with Crippen molar-refractivity contribution in [3.8, 4) is 6.07 Å². The first-order chi connectivity index (χ1) is 14.4. The monoisotopic (exact) mass is 430 g/mol. The van der Waals surface area contributed by atoms with Crippen molar-refractivity contribution in [1.29, 1.82) is 5.26 Å². The van der Waals surface area contributed by atoms with Crippen LogP contribution in [0.2, 0.25) is 0 Å². The van der Waals surface area contributed by atoms with Crippen LogP contribution in [0.4, 0.5) is 23.1 Å². The highest BCUT2D eigenvalue weighted by Gasteiger charge is 2.32. The third kappa shape index (κ3) is 4.17. The van der Waals surface area contributed by atoms with Crippen LogP contribution < -0.4 is 15.1 Å². The molecular weight excluding hydrogens is 404 g/mol. The Morgan fingerprint density at radius 2 is 2.07 bits per heavy atom. The zero-order valence-electron chi connectivity index (χ0n) is 17.0. The van der Waals surface area contributed by atoms with Gasteiger partial charge in [-0.05, 0) is 43.5 Å². The Balaban J connectivity index is 0.00000272. The van der Waals surface area contributed by atoms with E-state index in [4.69, 9.17) is 15.0 Å². The highest BCUT2D eigenvalue weighted by Crippen LogP contribution is 2.34. The van der Waals surface area contributed by atoms with E-state index in [0.717, 1.165) is 22.8 Å². The SMILES string of the molecule is Cc1cc(C#N)ccc1Nc1ncc2c(n1)N(C1CCS(=O)(=O)CC1)COCN2C.[HH]. The van der Waals surface area contributed by atoms with Gasteiger partial charge in [-0.15, -0.1) is 0 Å². The fourth-order valence-corrected chi connectivity index (χ4v) is 5.24. The molecule has 2 aliphatic heterocycles. The molecular formula is C20H26N6O3S. The second-order valence-electron chi connectivity index (χ2n) is 7.68. The van der Waals surface area contributed by atoms with Crippen LogP contribution in [-0.4, -0.2) is 56.4 Å². The van der Waals surface area contributed by atoms with Crippen molar-refractivity contribution in [3.05, 3.63) is 35.5 Å². The predicted molar refractivity (Wildman–Crippen MR) is 117 cm³/mol. The number of hydrogen-bond donors (Lipinski definition) is 1.